The summed E-state index contributed by atoms with van der Waals surface area (Å²) < 4.78 is 75.4. The molecule has 0 saturated heterocycles. The van der Waals surface area contributed by atoms with Gasteiger partial charge in [-0.3, -0.25) is 9.11 Å². The summed E-state index contributed by atoms with van der Waals surface area (Å²) in [4.78, 5) is -0.392. The van der Waals surface area contributed by atoms with E-state index in [0.29, 0.717) is 24.0 Å². The Morgan fingerprint density at radius 3 is 1.04 bits per heavy atom. The number of benzene rings is 2. The van der Waals surface area contributed by atoms with Crippen LogP contribution in [0.25, 0.3) is 0 Å². The summed E-state index contributed by atoms with van der Waals surface area (Å²) >= 11 is 0. The van der Waals surface area contributed by atoms with Crippen LogP contribution in [-0.2, 0) is 33.1 Å². The Bertz CT molecular complexity index is 1240. The molecule has 0 aromatic heterocycles. The predicted molar refractivity (Wildman–Crippen MR) is 186 cm³/mol. The topological polar surface area (TPSA) is 118 Å². The Morgan fingerprint density at radius 1 is 0.489 bits per heavy atom. The Hall–Kier alpha value is 0.0600. The number of ether oxygens (including phenoxy) is 1. The van der Waals surface area contributed by atoms with Crippen molar-refractivity contribution < 1.29 is 92.6 Å². The van der Waals surface area contributed by atoms with Crippen molar-refractivity contribution in [1.82, 2.24) is 0 Å². The van der Waals surface area contributed by atoms with Gasteiger partial charge in [-0.1, -0.05) is 142 Å². The van der Waals surface area contributed by atoms with Crippen molar-refractivity contribution in [3.63, 3.8) is 0 Å². The van der Waals surface area contributed by atoms with Crippen molar-refractivity contribution in [2.24, 2.45) is 0 Å². The third-order valence-corrected chi connectivity index (χ3v) is 10.4. The fourth-order valence-corrected chi connectivity index (χ4v) is 7.48. The van der Waals surface area contributed by atoms with Crippen LogP contribution in [0.3, 0.4) is 0 Å². The van der Waals surface area contributed by atoms with Crippen LogP contribution >= 0.6 is 0 Å². The fraction of sp³-hybridized carbons (Fsp3) is 0.667. The van der Waals surface area contributed by atoms with Crippen LogP contribution in [0.5, 0.6) is 11.5 Å². The standard InChI is InChI=1S/C36H58O7S2.2Na.2H/c1-3-5-7-9-11-13-15-17-19-21-25-31-33(27-23-29-35(31)44(37,38)39)43-34-28-24-30-36(45(40,41)42)32(34)26-22-20-18-16-14-12-10-8-6-4-2;;;;/h23-24,27-30H,3-22,25-26H2,1-2H3,(H,37,38,39)(H,40,41,42);;;;/q;2*+1;2*-1. The molecular formula is C36H60Na2O7S2. The van der Waals surface area contributed by atoms with Gasteiger partial charge in [-0.15, -0.1) is 0 Å². The molecule has 2 aromatic rings. The zero-order chi connectivity index (χ0) is 33.0. The first-order valence-electron chi connectivity index (χ1n) is 17.5. The van der Waals surface area contributed by atoms with E-state index in [9.17, 15) is 25.9 Å². The molecule has 0 fully saturated rings. The summed E-state index contributed by atoms with van der Waals surface area (Å²) in [5.74, 6) is 0.524. The zero-order valence-corrected chi connectivity index (χ0v) is 35.4. The molecule has 0 aliphatic carbocycles. The maximum Gasteiger partial charge on any atom is 1.00 e. The van der Waals surface area contributed by atoms with Gasteiger partial charge in [0, 0.05) is 11.1 Å². The molecule has 2 rings (SSSR count). The minimum absolute atomic E-state index is 0. The van der Waals surface area contributed by atoms with Crippen molar-refractivity contribution in [3.05, 3.63) is 47.5 Å². The molecule has 2 aromatic carbocycles. The Kier molecular flexibility index (Phi) is 26.8. The van der Waals surface area contributed by atoms with Gasteiger partial charge in [-0.05, 0) is 49.9 Å². The molecule has 47 heavy (non-hydrogen) atoms. The van der Waals surface area contributed by atoms with Crippen molar-refractivity contribution in [2.45, 2.75) is 165 Å². The van der Waals surface area contributed by atoms with Gasteiger partial charge in [-0.2, -0.15) is 16.8 Å². The smallest absolute Gasteiger partial charge is 1.00 e. The predicted octanol–water partition coefficient (Wildman–Crippen LogP) is 5.13. The van der Waals surface area contributed by atoms with Crippen LogP contribution in [0.4, 0.5) is 0 Å². The number of unbranched alkanes of at least 4 members (excludes halogenated alkanes) is 18. The van der Waals surface area contributed by atoms with Gasteiger partial charge in [0.2, 0.25) is 0 Å². The minimum atomic E-state index is -4.50. The molecule has 0 aliphatic heterocycles. The summed E-state index contributed by atoms with van der Waals surface area (Å²) in [6.07, 6.45) is 23.6. The van der Waals surface area contributed by atoms with Crippen LogP contribution in [0, 0.1) is 0 Å². The van der Waals surface area contributed by atoms with E-state index in [0.717, 1.165) is 51.4 Å². The Morgan fingerprint density at radius 2 is 0.766 bits per heavy atom. The van der Waals surface area contributed by atoms with Gasteiger partial charge in [0.1, 0.15) is 21.3 Å². The summed E-state index contributed by atoms with van der Waals surface area (Å²) in [6.45, 7) is 4.43. The van der Waals surface area contributed by atoms with E-state index in [1.165, 1.54) is 101 Å². The van der Waals surface area contributed by atoms with Gasteiger partial charge < -0.3 is 7.59 Å². The van der Waals surface area contributed by atoms with Crippen molar-refractivity contribution in [1.29, 1.82) is 0 Å². The molecule has 0 spiro atoms. The van der Waals surface area contributed by atoms with Crippen LogP contribution in [0.1, 0.15) is 156 Å². The molecule has 0 saturated carbocycles. The molecule has 0 amide bonds. The van der Waals surface area contributed by atoms with E-state index >= 15 is 0 Å². The maximum atomic E-state index is 12.3. The third kappa shape index (κ3) is 19.3. The monoisotopic (exact) mass is 714 g/mol. The van der Waals surface area contributed by atoms with E-state index in [1.54, 1.807) is 12.1 Å². The van der Waals surface area contributed by atoms with Gasteiger partial charge in [0.05, 0.1) is 0 Å². The first-order valence-corrected chi connectivity index (χ1v) is 20.3. The Balaban J connectivity index is -0.00000529. The second kappa shape index (κ2) is 26.8. The maximum absolute atomic E-state index is 12.3. The van der Waals surface area contributed by atoms with E-state index in [1.807, 2.05) is 0 Å². The van der Waals surface area contributed by atoms with Gasteiger partial charge >= 0.3 is 59.1 Å². The van der Waals surface area contributed by atoms with E-state index < -0.39 is 20.2 Å². The molecule has 11 heteroatoms. The molecule has 0 atom stereocenters. The fourth-order valence-electron chi connectivity index (χ4n) is 5.96. The Labute approximate surface area is 333 Å². The van der Waals surface area contributed by atoms with Crippen LogP contribution in [0.2, 0.25) is 0 Å². The van der Waals surface area contributed by atoms with Gasteiger partial charge in [-0.25, -0.2) is 0 Å². The first-order chi connectivity index (χ1) is 21.6. The number of hydrogen-bond acceptors (Lipinski definition) is 5. The molecule has 0 heterocycles. The summed E-state index contributed by atoms with van der Waals surface area (Å²) in [5, 5.41) is 0. The second-order valence-corrected chi connectivity index (χ2v) is 15.2. The molecule has 260 valence electrons. The molecule has 0 radical (unpaired) electrons. The second-order valence-electron chi connectivity index (χ2n) is 12.4. The minimum Gasteiger partial charge on any atom is -1.00 e. The summed E-state index contributed by atoms with van der Waals surface area (Å²) in [6, 6.07) is 9.04. The van der Waals surface area contributed by atoms with Gasteiger partial charge in [0.25, 0.3) is 20.2 Å². The van der Waals surface area contributed by atoms with E-state index in [-0.39, 0.29) is 83.3 Å². The normalized spacial score (nSPS) is 11.6. The molecule has 2 N–H and O–H groups in total. The largest absolute Gasteiger partial charge is 1.00 e. The molecule has 7 nitrogen and oxygen atoms in total. The summed E-state index contributed by atoms with van der Waals surface area (Å²) in [5.41, 5.74) is 0.753. The SMILES string of the molecule is CCCCCCCCCCCCc1c(Oc2cccc(S(=O)(=O)O)c2CCCCCCCCCCCC)cccc1S(=O)(=O)O.[H-].[H-].[Na+].[Na+]. The van der Waals surface area contributed by atoms with E-state index in [2.05, 4.69) is 13.8 Å². The first kappa shape index (κ1) is 47.1. The van der Waals surface area contributed by atoms with Crippen LogP contribution in [-0.4, -0.2) is 25.9 Å². The number of rotatable bonds is 26. The van der Waals surface area contributed by atoms with Crippen LogP contribution < -0.4 is 63.9 Å². The molecule has 0 bridgehead atoms. The molecule has 0 aliphatic rings. The molecule has 0 unspecified atom stereocenters. The van der Waals surface area contributed by atoms with E-state index in [4.69, 9.17) is 4.74 Å². The van der Waals surface area contributed by atoms with Crippen molar-refractivity contribution in [3.8, 4) is 11.5 Å². The summed E-state index contributed by atoms with van der Waals surface area (Å²) in [7, 11) is -9.00. The van der Waals surface area contributed by atoms with Crippen LogP contribution in [0.15, 0.2) is 46.2 Å². The van der Waals surface area contributed by atoms with Crippen molar-refractivity contribution in [2.75, 3.05) is 0 Å². The molecular weight excluding hydrogens is 655 g/mol. The average Bonchev–Trinajstić information content (AvgIpc) is 2.99. The van der Waals surface area contributed by atoms with Crippen molar-refractivity contribution >= 4 is 20.2 Å². The zero-order valence-electron chi connectivity index (χ0n) is 31.8. The van der Waals surface area contributed by atoms with Gasteiger partial charge in [0.15, 0.2) is 0 Å². The third-order valence-electron chi connectivity index (χ3n) is 8.52. The quantitative estimate of drug-likeness (QED) is 0.0789. The average molecular weight is 715 g/mol. The number of hydrogen-bond donors (Lipinski definition) is 2.